The van der Waals surface area contributed by atoms with Crippen molar-refractivity contribution in [2.24, 2.45) is 0 Å². The van der Waals surface area contributed by atoms with Gasteiger partial charge in [0.1, 0.15) is 4.88 Å². The zero-order valence-electron chi connectivity index (χ0n) is 10.1. The van der Waals surface area contributed by atoms with Crippen LogP contribution in [0.25, 0.3) is 10.1 Å². The molecule has 0 unspecified atom stereocenters. The van der Waals surface area contributed by atoms with Gasteiger partial charge in [-0.15, -0.1) is 11.3 Å². The smallest absolute Gasteiger partial charge is 0.263 e. The third-order valence-electron chi connectivity index (χ3n) is 2.72. The van der Waals surface area contributed by atoms with Crippen LogP contribution in [-0.4, -0.2) is 12.5 Å². The highest BCUT2D eigenvalue weighted by atomic mass is 79.9. The van der Waals surface area contributed by atoms with E-state index in [0.29, 0.717) is 17.1 Å². The van der Waals surface area contributed by atoms with E-state index in [1.807, 2.05) is 18.2 Å². The number of thiophene rings is 1. The summed E-state index contributed by atoms with van der Waals surface area (Å²) < 4.78 is 1.96. The van der Waals surface area contributed by atoms with Crippen LogP contribution in [0.3, 0.4) is 0 Å². The van der Waals surface area contributed by atoms with E-state index in [9.17, 15) is 4.79 Å². The first-order chi connectivity index (χ1) is 8.65. The van der Waals surface area contributed by atoms with Crippen molar-refractivity contribution < 1.29 is 4.79 Å². The molecule has 1 aromatic carbocycles. The molecular formula is C13H15BrN2OS. The van der Waals surface area contributed by atoms with Crippen LogP contribution in [-0.2, 0) is 0 Å². The lowest BCUT2D eigenvalue weighted by atomic mass is 10.2. The number of anilines is 1. The largest absolute Gasteiger partial charge is 0.397 e. The fourth-order valence-corrected chi connectivity index (χ4v) is 3.53. The van der Waals surface area contributed by atoms with Crippen molar-refractivity contribution in [3.8, 4) is 0 Å². The van der Waals surface area contributed by atoms with Crippen molar-refractivity contribution in [1.29, 1.82) is 0 Å². The molecule has 3 N–H and O–H groups in total. The zero-order valence-corrected chi connectivity index (χ0v) is 12.5. The van der Waals surface area contributed by atoms with Crippen molar-refractivity contribution >= 4 is 48.9 Å². The number of unbranched alkanes of at least 4 members (excludes halogenated alkanes) is 1. The Hall–Kier alpha value is -1.07. The Morgan fingerprint density at radius 3 is 2.94 bits per heavy atom. The molecule has 18 heavy (non-hydrogen) atoms. The lowest BCUT2D eigenvalue weighted by Gasteiger charge is -2.02. The van der Waals surface area contributed by atoms with Gasteiger partial charge in [0.2, 0.25) is 0 Å². The summed E-state index contributed by atoms with van der Waals surface area (Å²) >= 11 is 4.91. The van der Waals surface area contributed by atoms with E-state index in [4.69, 9.17) is 5.73 Å². The third kappa shape index (κ3) is 2.52. The minimum absolute atomic E-state index is 0.0750. The molecule has 0 aliphatic carbocycles. The van der Waals surface area contributed by atoms with Gasteiger partial charge in [0.05, 0.1) is 5.69 Å². The van der Waals surface area contributed by atoms with Crippen LogP contribution in [0, 0.1) is 0 Å². The quantitative estimate of drug-likeness (QED) is 0.840. The van der Waals surface area contributed by atoms with E-state index in [0.717, 1.165) is 27.4 Å². The molecule has 1 aromatic heterocycles. The van der Waals surface area contributed by atoms with Gasteiger partial charge in [-0.25, -0.2) is 0 Å². The molecule has 0 saturated carbocycles. The Kier molecular flexibility index (Phi) is 4.24. The van der Waals surface area contributed by atoms with E-state index in [1.54, 1.807) is 0 Å². The molecule has 0 aliphatic rings. The number of nitrogen functional groups attached to an aromatic ring is 1. The molecule has 96 valence electrons. The number of halogens is 1. The summed E-state index contributed by atoms with van der Waals surface area (Å²) in [6.07, 6.45) is 2.05. The van der Waals surface area contributed by atoms with Crippen LogP contribution in [0.2, 0.25) is 0 Å². The lowest BCUT2D eigenvalue weighted by Crippen LogP contribution is -2.24. The Balaban J connectivity index is 2.31. The lowest BCUT2D eigenvalue weighted by molar-refractivity contribution is 0.0958. The number of amides is 1. The maximum atomic E-state index is 12.0. The van der Waals surface area contributed by atoms with E-state index in [-0.39, 0.29) is 5.91 Å². The van der Waals surface area contributed by atoms with Crippen LogP contribution < -0.4 is 11.1 Å². The van der Waals surface area contributed by atoms with Crippen molar-refractivity contribution in [3.63, 3.8) is 0 Å². The molecule has 1 amide bonds. The standard InChI is InChI=1S/C13H15BrN2OS/c1-2-3-7-16-13(17)12-11(15)10-8(14)5-4-6-9(10)18-12/h4-6H,2-3,7,15H2,1H3,(H,16,17). The Labute approximate surface area is 118 Å². The fraction of sp³-hybridized carbons (Fsp3) is 0.308. The predicted octanol–water partition coefficient (Wildman–Crippen LogP) is 3.78. The van der Waals surface area contributed by atoms with Gasteiger partial charge in [-0.2, -0.15) is 0 Å². The fourth-order valence-electron chi connectivity index (χ4n) is 1.76. The molecule has 0 atom stereocenters. The van der Waals surface area contributed by atoms with Gasteiger partial charge >= 0.3 is 0 Å². The van der Waals surface area contributed by atoms with Crippen molar-refractivity contribution in [2.45, 2.75) is 19.8 Å². The minimum Gasteiger partial charge on any atom is -0.397 e. The number of nitrogens with one attached hydrogen (secondary N) is 1. The first kappa shape index (κ1) is 13.4. The van der Waals surface area contributed by atoms with Crippen LogP contribution in [0.4, 0.5) is 5.69 Å². The molecule has 0 aliphatic heterocycles. The normalized spacial score (nSPS) is 10.8. The molecule has 0 spiro atoms. The second-order valence-corrected chi connectivity index (χ2v) is 5.97. The Bertz CT molecular complexity index is 580. The summed E-state index contributed by atoms with van der Waals surface area (Å²) in [6, 6.07) is 5.86. The summed E-state index contributed by atoms with van der Waals surface area (Å²) in [7, 11) is 0. The number of benzene rings is 1. The van der Waals surface area contributed by atoms with Crippen molar-refractivity contribution in [3.05, 3.63) is 27.5 Å². The summed E-state index contributed by atoms with van der Waals surface area (Å²) in [5.74, 6) is -0.0750. The second-order valence-electron chi connectivity index (χ2n) is 4.07. The average Bonchev–Trinajstić information content (AvgIpc) is 2.68. The maximum absolute atomic E-state index is 12.0. The first-order valence-electron chi connectivity index (χ1n) is 5.89. The molecule has 3 nitrogen and oxygen atoms in total. The summed E-state index contributed by atoms with van der Waals surface area (Å²) in [6.45, 7) is 2.79. The number of hydrogen-bond acceptors (Lipinski definition) is 3. The van der Waals surface area contributed by atoms with Gasteiger partial charge in [-0.3, -0.25) is 4.79 Å². The molecule has 1 heterocycles. The van der Waals surface area contributed by atoms with E-state index < -0.39 is 0 Å². The number of fused-ring (bicyclic) bond motifs is 1. The minimum atomic E-state index is -0.0750. The third-order valence-corrected chi connectivity index (χ3v) is 4.55. The van der Waals surface area contributed by atoms with Gasteiger partial charge < -0.3 is 11.1 Å². The van der Waals surface area contributed by atoms with Crippen LogP contribution in [0.15, 0.2) is 22.7 Å². The Morgan fingerprint density at radius 1 is 1.50 bits per heavy atom. The number of carbonyl (C=O) groups excluding carboxylic acids is 1. The SMILES string of the molecule is CCCCNC(=O)c1sc2cccc(Br)c2c1N. The highest BCUT2D eigenvalue weighted by Crippen LogP contribution is 2.37. The van der Waals surface area contributed by atoms with Crippen LogP contribution in [0.5, 0.6) is 0 Å². The predicted molar refractivity (Wildman–Crippen MR) is 81.2 cm³/mol. The molecule has 2 rings (SSSR count). The number of hydrogen-bond donors (Lipinski definition) is 2. The molecule has 0 saturated heterocycles. The molecular weight excluding hydrogens is 312 g/mol. The monoisotopic (exact) mass is 326 g/mol. The van der Waals surface area contributed by atoms with Gasteiger partial charge in [-0.05, 0) is 18.6 Å². The second kappa shape index (κ2) is 5.71. The van der Waals surface area contributed by atoms with Gasteiger partial charge in [0.25, 0.3) is 5.91 Å². The zero-order chi connectivity index (χ0) is 13.1. The average molecular weight is 327 g/mol. The molecule has 0 fully saturated rings. The number of rotatable bonds is 4. The number of nitrogens with two attached hydrogens (primary N) is 1. The summed E-state index contributed by atoms with van der Waals surface area (Å²) in [4.78, 5) is 12.6. The highest BCUT2D eigenvalue weighted by molar-refractivity contribution is 9.10. The van der Waals surface area contributed by atoms with Gasteiger partial charge in [0, 0.05) is 21.1 Å². The van der Waals surface area contributed by atoms with E-state index in [1.165, 1.54) is 11.3 Å². The first-order valence-corrected chi connectivity index (χ1v) is 7.50. The molecule has 2 aromatic rings. The summed E-state index contributed by atoms with van der Waals surface area (Å²) in [5, 5.41) is 3.83. The van der Waals surface area contributed by atoms with Crippen molar-refractivity contribution in [1.82, 2.24) is 5.32 Å². The van der Waals surface area contributed by atoms with E-state index >= 15 is 0 Å². The van der Waals surface area contributed by atoms with Gasteiger partial charge in [0.15, 0.2) is 0 Å². The molecule has 0 bridgehead atoms. The van der Waals surface area contributed by atoms with E-state index in [2.05, 4.69) is 28.2 Å². The topological polar surface area (TPSA) is 55.1 Å². The van der Waals surface area contributed by atoms with Crippen LogP contribution >= 0.6 is 27.3 Å². The molecule has 5 heteroatoms. The Morgan fingerprint density at radius 2 is 2.28 bits per heavy atom. The summed E-state index contributed by atoms with van der Waals surface area (Å²) in [5.41, 5.74) is 6.63. The van der Waals surface area contributed by atoms with Crippen molar-refractivity contribution in [2.75, 3.05) is 12.3 Å². The van der Waals surface area contributed by atoms with Gasteiger partial charge in [-0.1, -0.05) is 35.3 Å². The maximum Gasteiger partial charge on any atom is 0.263 e. The highest BCUT2D eigenvalue weighted by Gasteiger charge is 2.17. The van der Waals surface area contributed by atoms with Crippen LogP contribution in [0.1, 0.15) is 29.4 Å². The molecule has 0 radical (unpaired) electrons. The number of carbonyl (C=O) groups is 1.